The Morgan fingerprint density at radius 2 is 1.26 bits per heavy atom. The maximum atomic E-state index is 13.1. The number of guanidine groups is 2. The third kappa shape index (κ3) is 16.0. The number of carbonyl (C=O) groups excluding carboxylic acids is 3. The molecule has 0 bridgehead atoms. The van der Waals surface area contributed by atoms with Crippen LogP contribution in [-0.2, 0) is 19.2 Å². The number of aliphatic hydroxyl groups excluding tert-OH is 1. The first-order valence-electron chi connectivity index (χ1n) is 12.7. The zero-order chi connectivity index (χ0) is 30.0. The lowest BCUT2D eigenvalue weighted by Crippen LogP contribution is -2.59. The van der Waals surface area contributed by atoms with Crippen molar-refractivity contribution in [2.45, 2.75) is 82.1 Å². The Morgan fingerprint density at radius 3 is 1.72 bits per heavy atom. The number of carboxylic acids is 1. The smallest absolute Gasteiger partial charge is 0.326 e. The van der Waals surface area contributed by atoms with Crippen molar-refractivity contribution >= 4 is 35.6 Å². The Hall–Kier alpha value is -3.70. The average Bonchev–Trinajstić information content (AvgIpc) is 2.85. The highest BCUT2D eigenvalue weighted by molar-refractivity contribution is 5.94. The number of nitrogens with zero attached hydrogens (tertiary/aromatic N) is 2. The predicted molar refractivity (Wildman–Crippen MR) is 146 cm³/mol. The number of hydrogen-bond donors (Lipinski definition) is 11. The van der Waals surface area contributed by atoms with Crippen molar-refractivity contribution in [3.63, 3.8) is 0 Å². The zero-order valence-corrected chi connectivity index (χ0v) is 22.3. The summed E-state index contributed by atoms with van der Waals surface area (Å²) in [6.07, 6.45) is 0.862. The minimum absolute atomic E-state index is 0.0101. The van der Waals surface area contributed by atoms with E-state index in [9.17, 15) is 29.4 Å². The third-order valence-electron chi connectivity index (χ3n) is 5.51. The van der Waals surface area contributed by atoms with E-state index in [2.05, 4.69) is 25.9 Å². The summed E-state index contributed by atoms with van der Waals surface area (Å²) >= 11 is 0. The van der Waals surface area contributed by atoms with Crippen molar-refractivity contribution in [3.05, 3.63) is 0 Å². The van der Waals surface area contributed by atoms with E-state index in [1.54, 1.807) is 0 Å². The Balaban J connectivity index is 5.47. The number of aliphatic carboxylic acids is 1. The zero-order valence-electron chi connectivity index (χ0n) is 22.3. The second kappa shape index (κ2) is 19.4. The van der Waals surface area contributed by atoms with E-state index < -0.39 is 54.0 Å². The normalized spacial score (nSPS) is 14.6. The molecule has 224 valence electrons. The summed E-state index contributed by atoms with van der Waals surface area (Å²) in [6.45, 7) is 2.02. The molecule has 0 heterocycles. The number of carbonyl (C=O) groups is 4. The topological polar surface area (TPSA) is 326 Å². The van der Waals surface area contributed by atoms with Crippen LogP contribution in [-0.4, -0.2) is 95.7 Å². The van der Waals surface area contributed by atoms with Crippen LogP contribution in [0.5, 0.6) is 0 Å². The molecule has 0 aliphatic carbocycles. The van der Waals surface area contributed by atoms with Gasteiger partial charge < -0.3 is 60.6 Å². The second-order valence-corrected chi connectivity index (χ2v) is 8.98. The van der Waals surface area contributed by atoms with Gasteiger partial charge in [-0.3, -0.25) is 24.4 Å². The number of rotatable bonds is 20. The Bertz CT molecular complexity index is 844. The number of unbranched alkanes of at least 4 members (excludes halogenated alkanes) is 1. The van der Waals surface area contributed by atoms with Crippen molar-refractivity contribution in [1.82, 2.24) is 16.0 Å². The summed E-state index contributed by atoms with van der Waals surface area (Å²) in [4.78, 5) is 57.7. The average molecular weight is 560 g/mol. The largest absolute Gasteiger partial charge is 0.480 e. The number of hydrogen-bond acceptors (Lipinski definition) is 9. The summed E-state index contributed by atoms with van der Waals surface area (Å²) in [5.41, 5.74) is 32.5. The molecule has 0 aliphatic heterocycles. The lowest BCUT2D eigenvalue weighted by atomic mass is 10.1. The molecule has 5 unspecified atom stereocenters. The van der Waals surface area contributed by atoms with Gasteiger partial charge in [-0.2, -0.15) is 0 Å². The molecule has 0 saturated heterocycles. The summed E-state index contributed by atoms with van der Waals surface area (Å²) in [6, 6.07) is -4.88. The standard InChI is InChI=1S/C22H45N11O6/c1-12(34)16(19(37)32-15(20(38)39)8-5-11-30-22(27)28)33-18(36)14(7-4-10-29-21(25)26)31-17(35)13(24)6-2-3-9-23/h12-16,34H,2-11,23-24H2,1H3,(H,31,35)(H,32,37)(H,33,36)(H,38,39)(H4,25,26,29)(H4,27,28,30). The van der Waals surface area contributed by atoms with Crippen LogP contribution in [0.25, 0.3) is 0 Å². The van der Waals surface area contributed by atoms with Crippen LogP contribution in [0.4, 0.5) is 0 Å². The molecular formula is C22H45N11O6. The molecule has 39 heavy (non-hydrogen) atoms. The summed E-state index contributed by atoms with van der Waals surface area (Å²) in [5.74, 6) is -3.92. The molecule has 0 aromatic carbocycles. The summed E-state index contributed by atoms with van der Waals surface area (Å²) < 4.78 is 0. The lowest BCUT2D eigenvalue weighted by Gasteiger charge is -2.26. The van der Waals surface area contributed by atoms with Crippen molar-refractivity contribution in [1.29, 1.82) is 0 Å². The van der Waals surface area contributed by atoms with Gasteiger partial charge in [0.1, 0.15) is 18.1 Å². The van der Waals surface area contributed by atoms with Crippen LogP contribution >= 0.6 is 0 Å². The van der Waals surface area contributed by atoms with E-state index in [0.29, 0.717) is 32.2 Å². The van der Waals surface area contributed by atoms with Crippen molar-refractivity contribution in [2.75, 3.05) is 19.6 Å². The monoisotopic (exact) mass is 559 g/mol. The molecular weight excluding hydrogens is 514 g/mol. The highest BCUT2D eigenvalue weighted by Gasteiger charge is 2.32. The molecule has 0 aromatic rings. The summed E-state index contributed by atoms with van der Waals surface area (Å²) in [5, 5.41) is 26.9. The fourth-order valence-corrected chi connectivity index (χ4v) is 3.37. The number of aliphatic hydroxyl groups is 1. The summed E-state index contributed by atoms with van der Waals surface area (Å²) in [7, 11) is 0. The Labute approximate surface area is 227 Å². The van der Waals surface area contributed by atoms with Crippen LogP contribution < -0.4 is 50.4 Å². The first kappa shape index (κ1) is 35.3. The van der Waals surface area contributed by atoms with E-state index in [0.717, 1.165) is 0 Å². The molecule has 0 rings (SSSR count). The Kier molecular flexibility index (Phi) is 17.5. The molecule has 0 aromatic heterocycles. The van der Waals surface area contributed by atoms with Gasteiger partial charge in [0.15, 0.2) is 11.9 Å². The molecule has 17 nitrogen and oxygen atoms in total. The first-order chi connectivity index (χ1) is 18.3. The van der Waals surface area contributed by atoms with Gasteiger partial charge in [0.25, 0.3) is 0 Å². The van der Waals surface area contributed by atoms with Gasteiger partial charge in [0.2, 0.25) is 17.7 Å². The second-order valence-electron chi connectivity index (χ2n) is 8.98. The number of nitrogens with one attached hydrogen (secondary N) is 3. The molecule has 5 atom stereocenters. The number of amides is 3. The van der Waals surface area contributed by atoms with Gasteiger partial charge >= 0.3 is 5.97 Å². The van der Waals surface area contributed by atoms with Crippen LogP contribution in [0.3, 0.4) is 0 Å². The van der Waals surface area contributed by atoms with Crippen LogP contribution in [0, 0.1) is 0 Å². The van der Waals surface area contributed by atoms with Gasteiger partial charge in [-0.15, -0.1) is 0 Å². The van der Waals surface area contributed by atoms with Gasteiger partial charge in [0, 0.05) is 13.1 Å². The van der Waals surface area contributed by atoms with Crippen LogP contribution in [0.15, 0.2) is 9.98 Å². The molecule has 17 heteroatoms. The minimum Gasteiger partial charge on any atom is -0.480 e. The van der Waals surface area contributed by atoms with E-state index in [1.165, 1.54) is 6.92 Å². The van der Waals surface area contributed by atoms with Gasteiger partial charge in [-0.1, -0.05) is 6.42 Å². The molecule has 0 fully saturated rings. The fourth-order valence-electron chi connectivity index (χ4n) is 3.37. The van der Waals surface area contributed by atoms with Gasteiger partial charge in [-0.05, 0) is 52.0 Å². The Morgan fingerprint density at radius 1 is 0.744 bits per heavy atom. The molecule has 0 spiro atoms. The third-order valence-corrected chi connectivity index (χ3v) is 5.51. The fraction of sp³-hybridized carbons (Fsp3) is 0.727. The highest BCUT2D eigenvalue weighted by atomic mass is 16.4. The van der Waals surface area contributed by atoms with Gasteiger partial charge in [-0.25, -0.2) is 4.79 Å². The van der Waals surface area contributed by atoms with E-state index in [4.69, 9.17) is 34.4 Å². The van der Waals surface area contributed by atoms with Crippen LogP contribution in [0.1, 0.15) is 51.9 Å². The van der Waals surface area contributed by atoms with Crippen molar-refractivity contribution in [3.8, 4) is 0 Å². The van der Waals surface area contributed by atoms with E-state index >= 15 is 0 Å². The molecule has 3 amide bonds. The van der Waals surface area contributed by atoms with E-state index in [-0.39, 0.29) is 44.3 Å². The molecule has 17 N–H and O–H groups in total. The molecule has 0 radical (unpaired) electrons. The minimum atomic E-state index is -1.52. The van der Waals surface area contributed by atoms with Crippen molar-refractivity contribution in [2.24, 2.45) is 44.4 Å². The maximum absolute atomic E-state index is 13.1. The first-order valence-corrected chi connectivity index (χ1v) is 12.7. The maximum Gasteiger partial charge on any atom is 0.326 e. The SMILES string of the molecule is CC(O)C(NC(=O)C(CCCN=C(N)N)NC(=O)C(N)CCCCN)C(=O)NC(CCCN=C(N)N)C(=O)O. The van der Waals surface area contributed by atoms with Crippen molar-refractivity contribution < 1.29 is 29.4 Å². The van der Waals surface area contributed by atoms with E-state index in [1.807, 2.05) is 0 Å². The number of aliphatic imine (C=N–C) groups is 2. The number of carboxylic acid groups (broad SMARTS) is 1. The lowest BCUT2D eigenvalue weighted by molar-refractivity contribution is -0.143. The highest BCUT2D eigenvalue weighted by Crippen LogP contribution is 2.06. The quantitative estimate of drug-likeness (QED) is 0.0381. The predicted octanol–water partition coefficient (Wildman–Crippen LogP) is -4.53. The number of nitrogens with two attached hydrogens (primary N) is 6. The molecule has 0 saturated carbocycles. The van der Waals surface area contributed by atoms with Gasteiger partial charge in [0.05, 0.1) is 12.1 Å². The molecule has 0 aliphatic rings. The van der Waals surface area contributed by atoms with Crippen LogP contribution in [0.2, 0.25) is 0 Å².